The minimum absolute atomic E-state index is 0.403. The van der Waals surface area contributed by atoms with E-state index in [0.29, 0.717) is 17.2 Å². The van der Waals surface area contributed by atoms with E-state index >= 15 is 0 Å². The second-order valence-corrected chi connectivity index (χ2v) is 3.62. The average molecular weight is 202 g/mol. The fraction of sp³-hybridized carbons (Fsp3) is 0.250. The molecule has 78 valence electrons. The molecule has 0 saturated heterocycles. The van der Waals surface area contributed by atoms with Crippen molar-refractivity contribution in [2.24, 2.45) is 5.73 Å². The second kappa shape index (κ2) is 4.52. The number of carbonyl (C=O) groups excluding carboxylic acids is 1. The first-order valence-electron chi connectivity index (χ1n) is 4.71. The third kappa shape index (κ3) is 3.03. The highest BCUT2D eigenvalue weighted by molar-refractivity contribution is 5.92. The summed E-state index contributed by atoms with van der Waals surface area (Å²) in [5.41, 5.74) is 13.0. The molecule has 4 N–H and O–H groups in total. The zero-order valence-corrected chi connectivity index (χ0v) is 8.87. The van der Waals surface area contributed by atoms with Crippen molar-refractivity contribution in [1.29, 1.82) is 0 Å². The monoisotopic (exact) mass is 202 g/mol. The molecule has 3 heteroatoms. The van der Waals surface area contributed by atoms with Crippen molar-refractivity contribution in [3.8, 4) is 11.8 Å². The highest BCUT2D eigenvalue weighted by Gasteiger charge is 2.02. The number of primary amides is 1. The van der Waals surface area contributed by atoms with Crippen LogP contribution < -0.4 is 11.5 Å². The van der Waals surface area contributed by atoms with Crippen molar-refractivity contribution in [1.82, 2.24) is 0 Å². The Bertz CT molecular complexity index is 439. The van der Waals surface area contributed by atoms with E-state index in [1.54, 1.807) is 6.07 Å². The van der Waals surface area contributed by atoms with Gasteiger partial charge in [-0.3, -0.25) is 4.79 Å². The summed E-state index contributed by atoms with van der Waals surface area (Å²) in [7, 11) is 0. The molecule has 1 amide bonds. The molecule has 0 fully saturated rings. The van der Waals surface area contributed by atoms with Crippen LogP contribution in [0.1, 0.15) is 30.9 Å². The smallest absolute Gasteiger partial charge is 0.293 e. The van der Waals surface area contributed by atoms with E-state index < -0.39 is 5.91 Å². The molecule has 15 heavy (non-hydrogen) atoms. The van der Waals surface area contributed by atoms with Crippen molar-refractivity contribution in [3.63, 3.8) is 0 Å². The molecule has 0 saturated carbocycles. The molecule has 0 bridgehead atoms. The Morgan fingerprint density at radius 2 is 2.07 bits per heavy atom. The lowest BCUT2D eigenvalue weighted by atomic mass is 10.00. The van der Waals surface area contributed by atoms with Crippen LogP contribution in [0, 0.1) is 11.8 Å². The van der Waals surface area contributed by atoms with Crippen molar-refractivity contribution in [2.45, 2.75) is 19.8 Å². The van der Waals surface area contributed by atoms with E-state index in [1.807, 2.05) is 12.1 Å². The lowest BCUT2D eigenvalue weighted by Gasteiger charge is -2.06. The molecule has 0 spiro atoms. The van der Waals surface area contributed by atoms with Gasteiger partial charge in [0.05, 0.1) is 0 Å². The predicted octanol–water partition coefficient (Wildman–Crippen LogP) is 1.23. The second-order valence-electron chi connectivity index (χ2n) is 3.62. The van der Waals surface area contributed by atoms with Crippen LogP contribution >= 0.6 is 0 Å². The predicted molar refractivity (Wildman–Crippen MR) is 61.0 cm³/mol. The van der Waals surface area contributed by atoms with Crippen molar-refractivity contribution in [3.05, 3.63) is 29.3 Å². The molecule has 1 aromatic carbocycles. The molecule has 0 atom stereocenters. The van der Waals surface area contributed by atoms with Gasteiger partial charge in [0.1, 0.15) is 0 Å². The Kier molecular flexibility index (Phi) is 3.35. The fourth-order valence-electron chi connectivity index (χ4n) is 1.17. The summed E-state index contributed by atoms with van der Waals surface area (Å²) in [6, 6.07) is 5.63. The zero-order chi connectivity index (χ0) is 11.4. The third-order valence-corrected chi connectivity index (χ3v) is 2.06. The summed E-state index contributed by atoms with van der Waals surface area (Å²) in [6.07, 6.45) is 0. The van der Waals surface area contributed by atoms with Crippen LogP contribution in [0.3, 0.4) is 0 Å². The molecule has 0 aliphatic rings. The Hall–Kier alpha value is -1.95. The topological polar surface area (TPSA) is 69.1 Å². The molecular weight excluding hydrogens is 188 g/mol. The van der Waals surface area contributed by atoms with Crippen molar-refractivity contribution in [2.75, 3.05) is 5.73 Å². The quantitative estimate of drug-likeness (QED) is 0.531. The molecule has 0 aliphatic heterocycles. The third-order valence-electron chi connectivity index (χ3n) is 2.06. The molecule has 0 aliphatic carbocycles. The number of anilines is 1. The molecule has 0 unspecified atom stereocenters. The summed E-state index contributed by atoms with van der Waals surface area (Å²) in [6.45, 7) is 4.16. The molecule has 3 nitrogen and oxygen atoms in total. The molecule has 0 radical (unpaired) electrons. The molecule has 1 aromatic rings. The summed E-state index contributed by atoms with van der Waals surface area (Å²) in [5.74, 6) is 4.69. The molecule has 1 rings (SSSR count). The van der Waals surface area contributed by atoms with Gasteiger partial charge in [-0.2, -0.15) is 0 Å². The molecule has 0 aromatic heterocycles. The number of nitrogen functional groups attached to an aromatic ring is 1. The Morgan fingerprint density at radius 1 is 1.40 bits per heavy atom. The number of nitrogens with two attached hydrogens (primary N) is 2. The van der Waals surface area contributed by atoms with Gasteiger partial charge in [-0.25, -0.2) is 0 Å². The van der Waals surface area contributed by atoms with Crippen molar-refractivity contribution < 1.29 is 4.79 Å². The van der Waals surface area contributed by atoms with Gasteiger partial charge in [0.15, 0.2) is 0 Å². The van der Waals surface area contributed by atoms with E-state index in [0.717, 1.165) is 5.56 Å². The number of hydrogen-bond acceptors (Lipinski definition) is 2. The maximum Gasteiger partial charge on any atom is 0.293 e. The molecular formula is C12H14N2O. The van der Waals surface area contributed by atoms with Crippen LogP contribution in [-0.4, -0.2) is 5.91 Å². The normalized spacial score (nSPS) is 9.53. The molecule has 0 heterocycles. The number of carbonyl (C=O) groups is 1. The standard InChI is InChI=1S/C12H14N2O/c1-8(2)9-3-5-11(13)10(7-9)4-6-12(14)15/h3,5,7-8H,13H2,1-2H3,(H2,14,15). The number of benzene rings is 1. The van der Waals surface area contributed by atoms with Crippen LogP contribution in [0.15, 0.2) is 18.2 Å². The zero-order valence-electron chi connectivity index (χ0n) is 8.87. The van der Waals surface area contributed by atoms with Gasteiger partial charge in [0, 0.05) is 17.2 Å². The van der Waals surface area contributed by atoms with E-state index in [9.17, 15) is 4.79 Å². The van der Waals surface area contributed by atoms with Gasteiger partial charge in [-0.15, -0.1) is 0 Å². The van der Waals surface area contributed by atoms with Crippen LogP contribution in [0.4, 0.5) is 5.69 Å². The fourth-order valence-corrected chi connectivity index (χ4v) is 1.17. The van der Waals surface area contributed by atoms with Crippen LogP contribution in [0.5, 0.6) is 0 Å². The largest absolute Gasteiger partial charge is 0.398 e. The summed E-state index contributed by atoms with van der Waals surface area (Å²) < 4.78 is 0. The average Bonchev–Trinajstić information content (AvgIpc) is 2.16. The lowest BCUT2D eigenvalue weighted by Crippen LogP contribution is -2.06. The first kappa shape index (κ1) is 11.1. The van der Waals surface area contributed by atoms with Gasteiger partial charge < -0.3 is 11.5 Å². The highest BCUT2D eigenvalue weighted by Crippen LogP contribution is 2.19. The maximum absolute atomic E-state index is 10.5. The first-order chi connectivity index (χ1) is 7.00. The van der Waals surface area contributed by atoms with E-state index in [-0.39, 0.29) is 0 Å². The minimum atomic E-state index is -0.649. The van der Waals surface area contributed by atoms with Crippen molar-refractivity contribution >= 4 is 11.6 Å². The SMILES string of the molecule is CC(C)c1ccc(N)c(C#CC(N)=O)c1. The Balaban J connectivity index is 3.13. The van der Waals surface area contributed by atoms with Crippen LogP contribution in [-0.2, 0) is 4.79 Å². The van der Waals surface area contributed by atoms with Gasteiger partial charge in [0.2, 0.25) is 0 Å². The number of amides is 1. The summed E-state index contributed by atoms with van der Waals surface area (Å²) in [4.78, 5) is 10.5. The summed E-state index contributed by atoms with van der Waals surface area (Å²) in [5, 5.41) is 0. The Morgan fingerprint density at radius 3 is 2.60 bits per heavy atom. The minimum Gasteiger partial charge on any atom is -0.398 e. The maximum atomic E-state index is 10.5. The van der Waals surface area contributed by atoms with Gasteiger partial charge >= 0.3 is 0 Å². The van der Waals surface area contributed by atoms with E-state index in [2.05, 4.69) is 25.7 Å². The van der Waals surface area contributed by atoms with Crippen LogP contribution in [0.25, 0.3) is 0 Å². The van der Waals surface area contributed by atoms with Gasteiger partial charge in [0.25, 0.3) is 5.91 Å². The van der Waals surface area contributed by atoms with Gasteiger partial charge in [-0.05, 0) is 23.6 Å². The summed E-state index contributed by atoms with van der Waals surface area (Å²) >= 11 is 0. The van der Waals surface area contributed by atoms with Gasteiger partial charge in [-0.1, -0.05) is 25.8 Å². The number of rotatable bonds is 1. The van der Waals surface area contributed by atoms with Crippen LogP contribution in [0.2, 0.25) is 0 Å². The highest BCUT2D eigenvalue weighted by atomic mass is 16.1. The van der Waals surface area contributed by atoms with E-state index in [1.165, 1.54) is 0 Å². The van der Waals surface area contributed by atoms with E-state index in [4.69, 9.17) is 11.5 Å². The number of hydrogen-bond donors (Lipinski definition) is 2. The first-order valence-corrected chi connectivity index (χ1v) is 4.71. The lowest BCUT2D eigenvalue weighted by molar-refractivity contribution is -0.112. The Labute approximate surface area is 89.5 Å².